The van der Waals surface area contributed by atoms with Gasteiger partial charge in [0.15, 0.2) is 0 Å². The van der Waals surface area contributed by atoms with E-state index in [9.17, 15) is 5.11 Å². The Bertz CT molecular complexity index is 1440. The fourth-order valence-electron chi connectivity index (χ4n) is 4.01. The first-order valence-corrected chi connectivity index (χ1v) is 10.9. The fourth-order valence-corrected chi connectivity index (χ4v) is 4.01. The summed E-state index contributed by atoms with van der Waals surface area (Å²) in [5, 5.41) is 14.9. The lowest BCUT2D eigenvalue weighted by Crippen LogP contribution is -2.49. The molecule has 1 heterocycles. The van der Waals surface area contributed by atoms with Crippen LogP contribution in [0.2, 0.25) is 0 Å². The molecule has 0 saturated heterocycles. The molecule has 4 aromatic carbocycles. The van der Waals surface area contributed by atoms with Crippen molar-refractivity contribution < 1.29 is 14.2 Å². The quantitative estimate of drug-likeness (QED) is 0.343. The van der Waals surface area contributed by atoms with Gasteiger partial charge in [0.05, 0.1) is 11.2 Å². The van der Waals surface area contributed by atoms with Gasteiger partial charge in [0.25, 0.3) is 0 Å². The number of hydrogen-bond acceptors (Lipinski definition) is 3. The lowest BCUT2D eigenvalue weighted by molar-refractivity contribution is -0.0893. The molecule has 0 spiro atoms. The number of hydrogen-bond donors (Lipinski definition) is 1. The van der Waals surface area contributed by atoms with Gasteiger partial charge in [-0.05, 0) is 67.2 Å². The van der Waals surface area contributed by atoms with Crippen molar-refractivity contribution in [3.8, 4) is 11.1 Å². The van der Waals surface area contributed by atoms with Crippen molar-refractivity contribution in [1.82, 2.24) is 0 Å². The van der Waals surface area contributed by atoms with Crippen LogP contribution in [0.15, 0.2) is 83.3 Å². The van der Waals surface area contributed by atoms with E-state index in [0.717, 1.165) is 49.3 Å². The zero-order chi connectivity index (χ0) is 22.5. The predicted molar refractivity (Wildman–Crippen MR) is 134 cm³/mol. The van der Waals surface area contributed by atoms with Gasteiger partial charge in [-0.25, -0.2) is 0 Å². The van der Waals surface area contributed by atoms with Gasteiger partial charge in [0.2, 0.25) is 0 Å². The molecule has 3 nitrogen and oxygen atoms in total. The van der Waals surface area contributed by atoms with E-state index in [2.05, 4.69) is 42.5 Å². The van der Waals surface area contributed by atoms with Crippen molar-refractivity contribution in [2.45, 2.75) is 38.9 Å². The zero-order valence-corrected chi connectivity index (χ0v) is 18.8. The second-order valence-corrected chi connectivity index (χ2v) is 9.33. The monoisotopic (exact) mass is 421 g/mol. The average molecular weight is 421 g/mol. The maximum atomic E-state index is 10.4. The maximum absolute atomic E-state index is 10.4. The molecule has 0 bridgehead atoms. The summed E-state index contributed by atoms with van der Waals surface area (Å²) in [4.78, 5) is 0. The first-order chi connectivity index (χ1) is 15.3. The van der Waals surface area contributed by atoms with Gasteiger partial charge in [-0.2, -0.15) is 0 Å². The Labute approximate surface area is 188 Å². The Kier molecular flexibility index (Phi) is 4.88. The van der Waals surface area contributed by atoms with E-state index in [0.29, 0.717) is 0 Å². The van der Waals surface area contributed by atoms with Crippen molar-refractivity contribution in [3.05, 3.63) is 78.9 Å². The van der Waals surface area contributed by atoms with E-state index in [1.807, 2.05) is 50.2 Å². The fraction of sp³-hybridized carbons (Fsp3) is 0.214. The van der Waals surface area contributed by atoms with Gasteiger partial charge in [-0.15, -0.1) is 0 Å². The Balaban J connectivity index is 1.66. The highest BCUT2D eigenvalue weighted by atomic mass is 16.5. The van der Waals surface area contributed by atoms with Gasteiger partial charge in [-0.3, -0.25) is 0 Å². The molecule has 5 rings (SSSR count). The summed E-state index contributed by atoms with van der Waals surface area (Å²) in [5.41, 5.74) is 3.35. The standard InChI is InChI=1S/C28H26BO3/c1-27(2,30)28(3,4)32-29-23-17-16-19(18-10-5-6-11-20(18)23)21-13-9-15-25-26(21)22-12-7-8-14-24(22)31-25/h5-17,30H,1-4H3. The summed E-state index contributed by atoms with van der Waals surface area (Å²) < 4.78 is 12.2. The summed E-state index contributed by atoms with van der Waals surface area (Å²) in [6.45, 7) is 7.31. The number of furan rings is 1. The topological polar surface area (TPSA) is 42.6 Å². The molecule has 5 aromatic rings. The highest BCUT2D eigenvalue weighted by molar-refractivity contribution is 6.51. The summed E-state index contributed by atoms with van der Waals surface area (Å²) in [5.74, 6) is 0. The molecule has 0 aliphatic carbocycles. The summed E-state index contributed by atoms with van der Waals surface area (Å²) in [6.07, 6.45) is 0. The van der Waals surface area contributed by atoms with Crippen LogP contribution in [0.5, 0.6) is 0 Å². The largest absolute Gasteiger partial charge is 0.456 e. The van der Waals surface area contributed by atoms with Gasteiger partial charge in [0, 0.05) is 10.8 Å². The molecule has 4 heteroatoms. The Morgan fingerprint density at radius 1 is 0.688 bits per heavy atom. The van der Waals surface area contributed by atoms with Gasteiger partial charge in [0.1, 0.15) is 11.2 Å². The van der Waals surface area contributed by atoms with E-state index in [4.69, 9.17) is 9.07 Å². The van der Waals surface area contributed by atoms with E-state index in [1.165, 1.54) is 0 Å². The highest BCUT2D eigenvalue weighted by Gasteiger charge is 2.35. The van der Waals surface area contributed by atoms with Crippen LogP contribution < -0.4 is 5.46 Å². The molecule has 32 heavy (non-hydrogen) atoms. The van der Waals surface area contributed by atoms with Crippen molar-refractivity contribution in [2.75, 3.05) is 0 Å². The number of aliphatic hydroxyl groups is 1. The van der Waals surface area contributed by atoms with Crippen LogP contribution in [-0.2, 0) is 4.65 Å². The SMILES string of the molecule is CC(C)(O)C(C)(C)O[B]c1ccc(-c2cccc3oc4ccccc4c23)c2ccccc12. The summed E-state index contributed by atoms with van der Waals surface area (Å²) in [7, 11) is 1.76. The number of para-hydroxylation sites is 1. The maximum Gasteiger partial charge on any atom is 0.331 e. The highest BCUT2D eigenvalue weighted by Crippen LogP contribution is 2.38. The molecule has 1 aromatic heterocycles. The van der Waals surface area contributed by atoms with Crippen molar-refractivity contribution in [3.63, 3.8) is 0 Å². The summed E-state index contributed by atoms with van der Waals surface area (Å²) in [6, 6.07) is 27.0. The second kappa shape index (κ2) is 7.51. The first-order valence-electron chi connectivity index (χ1n) is 10.9. The minimum absolute atomic E-state index is 0.728. The smallest absolute Gasteiger partial charge is 0.331 e. The molecule has 0 atom stereocenters. The molecule has 1 N–H and O–H groups in total. The van der Waals surface area contributed by atoms with Crippen LogP contribution in [0.25, 0.3) is 43.8 Å². The van der Waals surface area contributed by atoms with Gasteiger partial charge >= 0.3 is 7.48 Å². The molecule has 0 saturated carbocycles. The third-order valence-corrected chi connectivity index (χ3v) is 6.60. The van der Waals surface area contributed by atoms with Crippen LogP contribution >= 0.6 is 0 Å². The van der Waals surface area contributed by atoms with Gasteiger partial charge in [-0.1, -0.05) is 66.7 Å². The normalized spacial score (nSPS) is 12.7. The summed E-state index contributed by atoms with van der Waals surface area (Å²) >= 11 is 0. The van der Waals surface area contributed by atoms with E-state index < -0.39 is 11.2 Å². The van der Waals surface area contributed by atoms with Crippen molar-refractivity contribution >= 4 is 45.7 Å². The average Bonchev–Trinajstić information content (AvgIpc) is 3.15. The molecule has 0 amide bonds. The number of rotatable bonds is 5. The van der Waals surface area contributed by atoms with Crippen molar-refractivity contribution in [2.24, 2.45) is 0 Å². The van der Waals surface area contributed by atoms with E-state index in [1.54, 1.807) is 21.3 Å². The third-order valence-electron chi connectivity index (χ3n) is 6.60. The molecule has 159 valence electrons. The number of fused-ring (bicyclic) bond motifs is 4. The lowest BCUT2D eigenvalue weighted by Gasteiger charge is -2.37. The molecule has 0 aliphatic heterocycles. The Morgan fingerprint density at radius 2 is 1.34 bits per heavy atom. The van der Waals surface area contributed by atoms with E-state index >= 15 is 0 Å². The van der Waals surface area contributed by atoms with Crippen LogP contribution in [0.1, 0.15) is 27.7 Å². The molecule has 0 fully saturated rings. The van der Waals surface area contributed by atoms with Crippen LogP contribution in [0.4, 0.5) is 0 Å². The Hall–Kier alpha value is -3.08. The predicted octanol–water partition coefficient (Wildman–Crippen LogP) is 6.22. The first kappa shape index (κ1) is 20.8. The molecular weight excluding hydrogens is 395 g/mol. The minimum Gasteiger partial charge on any atom is -0.456 e. The molecule has 1 radical (unpaired) electrons. The van der Waals surface area contributed by atoms with Gasteiger partial charge < -0.3 is 14.2 Å². The third kappa shape index (κ3) is 3.40. The molecule has 0 unspecified atom stereocenters. The second-order valence-electron chi connectivity index (χ2n) is 9.33. The number of benzene rings is 4. The molecular formula is C28H26BO3. The Morgan fingerprint density at radius 3 is 2.09 bits per heavy atom. The minimum atomic E-state index is -0.975. The van der Waals surface area contributed by atoms with Crippen LogP contribution in [0, 0.1) is 0 Å². The van der Waals surface area contributed by atoms with E-state index in [-0.39, 0.29) is 0 Å². The lowest BCUT2D eigenvalue weighted by atomic mass is 9.79. The zero-order valence-electron chi connectivity index (χ0n) is 18.8. The van der Waals surface area contributed by atoms with Crippen LogP contribution in [0.3, 0.4) is 0 Å². The molecule has 0 aliphatic rings. The van der Waals surface area contributed by atoms with Crippen LogP contribution in [-0.4, -0.2) is 23.8 Å². The van der Waals surface area contributed by atoms with Crippen molar-refractivity contribution in [1.29, 1.82) is 0 Å².